The average molecular weight is 466 g/mol. The molecule has 3 heterocycles. The summed E-state index contributed by atoms with van der Waals surface area (Å²) in [5.74, 6) is 1.33. The van der Waals surface area contributed by atoms with Crippen molar-refractivity contribution in [1.82, 2.24) is 9.88 Å². The van der Waals surface area contributed by atoms with Gasteiger partial charge in [-0.15, -0.1) is 0 Å². The molecule has 0 saturated carbocycles. The number of morpholine rings is 1. The lowest BCUT2D eigenvalue weighted by molar-refractivity contribution is -0.138. The van der Waals surface area contributed by atoms with Crippen LogP contribution in [0.15, 0.2) is 18.2 Å². The van der Waals surface area contributed by atoms with Crippen LogP contribution in [0.5, 0.6) is 0 Å². The first kappa shape index (κ1) is 23.6. The van der Waals surface area contributed by atoms with Crippen LogP contribution in [0.3, 0.4) is 0 Å². The van der Waals surface area contributed by atoms with E-state index in [4.69, 9.17) is 14.5 Å². The van der Waals surface area contributed by atoms with Crippen LogP contribution in [-0.4, -0.2) is 61.3 Å². The van der Waals surface area contributed by atoms with Gasteiger partial charge in [-0.05, 0) is 74.3 Å². The van der Waals surface area contributed by atoms with E-state index in [0.717, 1.165) is 88.3 Å². The largest absolute Gasteiger partial charge is 0.378 e. The third kappa shape index (κ3) is 4.94. The number of hydrogen-bond donors (Lipinski definition) is 0. The lowest BCUT2D eigenvalue weighted by Gasteiger charge is -2.33. The van der Waals surface area contributed by atoms with Gasteiger partial charge in [0.25, 0.3) is 0 Å². The fourth-order valence-electron chi connectivity index (χ4n) is 5.81. The fraction of sp³-hybridized carbons (Fsp3) is 0.643. The van der Waals surface area contributed by atoms with Gasteiger partial charge in [0, 0.05) is 49.7 Å². The Bertz CT molecular complexity index is 1010. The second-order valence-corrected chi connectivity index (χ2v) is 10.1. The van der Waals surface area contributed by atoms with Gasteiger partial charge in [0.1, 0.15) is 5.82 Å². The average Bonchev–Trinajstić information content (AvgIpc) is 3.55. The van der Waals surface area contributed by atoms with E-state index in [-0.39, 0.29) is 17.9 Å². The zero-order valence-electron chi connectivity index (χ0n) is 20.9. The molecule has 1 atom stereocenters. The van der Waals surface area contributed by atoms with E-state index >= 15 is 0 Å². The van der Waals surface area contributed by atoms with Crippen LogP contribution in [0.25, 0.3) is 10.9 Å². The second-order valence-electron chi connectivity index (χ2n) is 10.1. The number of nitrogens with zero attached hydrogens (tertiary/aromatic N) is 3. The molecule has 1 aromatic heterocycles. The molecule has 1 aromatic carbocycles. The first-order valence-corrected chi connectivity index (χ1v) is 13.3. The molecule has 6 heteroatoms. The van der Waals surface area contributed by atoms with Crippen molar-refractivity contribution in [2.45, 2.75) is 71.4 Å². The molecule has 0 N–H and O–H groups in total. The third-order valence-corrected chi connectivity index (χ3v) is 7.85. The molecule has 2 fully saturated rings. The normalized spacial score (nSPS) is 20.3. The smallest absolute Gasteiger partial charge is 0.226 e. The predicted octanol–water partition coefficient (Wildman–Crippen LogP) is 4.50. The van der Waals surface area contributed by atoms with E-state index in [2.05, 4.69) is 41.8 Å². The van der Waals surface area contributed by atoms with Crippen molar-refractivity contribution in [2.75, 3.05) is 44.4 Å². The fourth-order valence-corrected chi connectivity index (χ4v) is 5.81. The Labute approximate surface area is 203 Å². The van der Waals surface area contributed by atoms with E-state index in [9.17, 15) is 4.79 Å². The molecule has 2 saturated heterocycles. The van der Waals surface area contributed by atoms with E-state index in [1.165, 1.54) is 22.9 Å². The molecule has 3 aliphatic rings. The zero-order valence-corrected chi connectivity index (χ0v) is 20.9. The number of aromatic nitrogens is 1. The van der Waals surface area contributed by atoms with Gasteiger partial charge < -0.3 is 19.3 Å². The minimum absolute atomic E-state index is 0.0601. The van der Waals surface area contributed by atoms with Gasteiger partial charge in [-0.25, -0.2) is 4.98 Å². The molecule has 0 spiro atoms. The van der Waals surface area contributed by atoms with Gasteiger partial charge in [0.15, 0.2) is 0 Å². The summed E-state index contributed by atoms with van der Waals surface area (Å²) in [6, 6.07) is 6.93. The van der Waals surface area contributed by atoms with Crippen molar-refractivity contribution in [1.29, 1.82) is 0 Å². The Kier molecular flexibility index (Phi) is 7.35. The van der Waals surface area contributed by atoms with Gasteiger partial charge in [-0.3, -0.25) is 4.79 Å². The maximum atomic E-state index is 13.6. The van der Waals surface area contributed by atoms with E-state index in [1.807, 2.05) is 0 Å². The van der Waals surface area contributed by atoms with Crippen LogP contribution in [-0.2, 0) is 33.7 Å². The number of ether oxygens (including phenoxy) is 2. The molecule has 184 valence electrons. The highest BCUT2D eigenvalue weighted by molar-refractivity contribution is 5.84. The second kappa shape index (κ2) is 10.6. The standard InChI is InChI=1S/C28H39N3O3/c1-3-20(4-2)28(32)31(19-25-9-6-12-34-25)18-24-16-23-15-21-7-5-8-22(21)17-26(23)29-27(24)30-10-13-33-14-11-30/h15-17,20,25H,3-14,18-19H2,1-2H3/t25-/m1/s1. The monoisotopic (exact) mass is 465 g/mol. The quantitative estimate of drug-likeness (QED) is 0.574. The van der Waals surface area contributed by atoms with Crippen LogP contribution in [0, 0.1) is 5.92 Å². The number of carbonyl (C=O) groups excluding carboxylic acids is 1. The van der Waals surface area contributed by atoms with Crippen molar-refractivity contribution >= 4 is 22.6 Å². The Hall–Kier alpha value is -2.18. The highest BCUT2D eigenvalue weighted by Gasteiger charge is 2.28. The number of amides is 1. The molecular formula is C28H39N3O3. The van der Waals surface area contributed by atoms with Crippen LogP contribution in [0.2, 0.25) is 0 Å². The number of aryl methyl sites for hydroxylation is 2. The maximum absolute atomic E-state index is 13.6. The summed E-state index contributed by atoms with van der Waals surface area (Å²) in [4.78, 5) is 23.2. The van der Waals surface area contributed by atoms with Crippen molar-refractivity contribution in [3.63, 3.8) is 0 Å². The first-order chi connectivity index (χ1) is 16.7. The van der Waals surface area contributed by atoms with Crippen LogP contribution in [0.1, 0.15) is 62.6 Å². The van der Waals surface area contributed by atoms with Crippen LogP contribution >= 0.6 is 0 Å². The Morgan fingerprint density at radius 2 is 1.85 bits per heavy atom. The van der Waals surface area contributed by atoms with Crippen molar-refractivity contribution in [2.24, 2.45) is 5.92 Å². The topological polar surface area (TPSA) is 54.9 Å². The molecule has 0 unspecified atom stereocenters. The van der Waals surface area contributed by atoms with E-state index in [0.29, 0.717) is 13.1 Å². The van der Waals surface area contributed by atoms with Gasteiger partial charge in [-0.1, -0.05) is 13.8 Å². The number of hydrogen-bond acceptors (Lipinski definition) is 5. The van der Waals surface area contributed by atoms with Crippen LogP contribution < -0.4 is 4.90 Å². The minimum atomic E-state index is 0.0601. The van der Waals surface area contributed by atoms with Crippen molar-refractivity contribution in [3.05, 3.63) is 34.9 Å². The molecule has 2 aliphatic heterocycles. The molecule has 0 bridgehead atoms. The number of rotatable bonds is 8. The summed E-state index contributed by atoms with van der Waals surface area (Å²) in [5, 5.41) is 1.19. The Morgan fingerprint density at radius 1 is 1.09 bits per heavy atom. The number of benzene rings is 1. The lowest BCUT2D eigenvalue weighted by Crippen LogP contribution is -2.41. The predicted molar refractivity (Wildman–Crippen MR) is 135 cm³/mol. The molecule has 2 aromatic rings. The van der Waals surface area contributed by atoms with Gasteiger partial charge in [0.2, 0.25) is 5.91 Å². The number of fused-ring (bicyclic) bond motifs is 2. The number of pyridine rings is 1. The maximum Gasteiger partial charge on any atom is 0.226 e. The van der Waals surface area contributed by atoms with E-state index < -0.39 is 0 Å². The highest BCUT2D eigenvalue weighted by atomic mass is 16.5. The first-order valence-electron chi connectivity index (χ1n) is 13.3. The Balaban J connectivity index is 1.52. The minimum Gasteiger partial charge on any atom is -0.378 e. The van der Waals surface area contributed by atoms with Crippen LogP contribution in [0.4, 0.5) is 5.82 Å². The molecule has 5 rings (SSSR count). The molecule has 1 aliphatic carbocycles. The molecular weight excluding hydrogens is 426 g/mol. The summed E-state index contributed by atoms with van der Waals surface area (Å²) in [6.45, 7) is 9.40. The zero-order chi connectivity index (χ0) is 23.5. The summed E-state index contributed by atoms with van der Waals surface area (Å²) in [5.41, 5.74) is 5.13. The number of anilines is 1. The van der Waals surface area contributed by atoms with Crippen molar-refractivity contribution in [3.8, 4) is 0 Å². The SMILES string of the molecule is CCC(CC)C(=O)N(Cc1cc2cc3c(cc2nc1N1CCOCC1)CCC3)C[C@H]1CCCO1. The van der Waals surface area contributed by atoms with Gasteiger partial charge in [0.05, 0.1) is 24.8 Å². The van der Waals surface area contributed by atoms with Gasteiger partial charge >= 0.3 is 0 Å². The van der Waals surface area contributed by atoms with E-state index in [1.54, 1.807) is 0 Å². The van der Waals surface area contributed by atoms with Crippen molar-refractivity contribution < 1.29 is 14.3 Å². The Morgan fingerprint density at radius 3 is 2.56 bits per heavy atom. The molecule has 34 heavy (non-hydrogen) atoms. The molecule has 1 amide bonds. The highest BCUT2D eigenvalue weighted by Crippen LogP contribution is 2.32. The summed E-state index contributed by atoms with van der Waals surface area (Å²) in [6.07, 6.45) is 7.54. The lowest BCUT2D eigenvalue weighted by atomic mass is 10.00. The number of carbonyl (C=O) groups is 1. The summed E-state index contributed by atoms with van der Waals surface area (Å²) >= 11 is 0. The van der Waals surface area contributed by atoms with Gasteiger partial charge in [-0.2, -0.15) is 0 Å². The third-order valence-electron chi connectivity index (χ3n) is 7.85. The molecule has 0 radical (unpaired) electrons. The summed E-state index contributed by atoms with van der Waals surface area (Å²) in [7, 11) is 0. The summed E-state index contributed by atoms with van der Waals surface area (Å²) < 4.78 is 11.6. The molecule has 6 nitrogen and oxygen atoms in total.